The molecule has 0 bridgehead atoms. The molecule has 152 valence electrons. The number of hydrogen-bond acceptors (Lipinski definition) is 7. The Kier molecular flexibility index (Phi) is 3.83. The highest BCUT2D eigenvalue weighted by molar-refractivity contribution is 5.77. The lowest BCUT2D eigenvalue weighted by atomic mass is 9.79. The first-order chi connectivity index (χ1) is 14.3. The summed E-state index contributed by atoms with van der Waals surface area (Å²) >= 11 is 0. The molecule has 2 N–H and O–H groups in total. The quantitative estimate of drug-likeness (QED) is 0.664. The van der Waals surface area contributed by atoms with Crippen molar-refractivity contribution in [3.8, 4) is 22.8 Å². The Bertz CT molecular complexity index is 1190. The number of fused-ring (bicyclic) bond motifs is 4. The third kappa shape index (κ3) is 2.71. The Labute approximate surface area is 172 Å². The number of benzene rings is 1. The molecule has 0 aliphatic carbocycles. The van der Waals surface area contributed by atoms with Crippen LogP contribution in [0.4, 0.5) is 4.39 Å². The molecule has 1 atom stereocenters. The molecule has 0 unspecified atom stereocenters. The Balaban J connectivity index is 1.77. The molecule has 4 heterocycles. The minimum absolute atomic E-state index is 0.0730. The van der Waals surface area contributed by atoms with Gasteiger partial charge in [-0.25, -0.2) is 24.3 Å². The van der Waals surface area contributed by atoms with Gasteiger partial charge in [0.1, 0.15) is 24.5 Å². The fourth-order valence-electron chi connectivity index (χ4n) is 3.82. The number of aliphatic imine (C=N–C) groups is 1. The predicted molar refractivity (Wildman–Crippen MR) is 109 cm³/mol. The zero-order valence-corrected chi connectivity index (χ0v) is 16.8. The molecule has 0 fully saturated rings. The van der Waals surface area contributed by atoms with Crippen molar-refractivity contribution in [1.29, 1.82) is 0 Å². The van der Waals surface area contributed by atoms with E-state index in [0.717, 1.165) is 11.1 Å². The molecule has 8 heteroatoms. The van der Waals surface area contributed by atoms with E-state index in [9.17, 15) is 4.39 Å². The van der Waals surface area contributed by atoms with Crippen molar-refractivity contribution in [3.05, 3.63) is 65.6 Å². The number of ether oxygens (including phenoxy) is 2. The van der Waals surface area contributed by atoms with Crippen molar-refractivity contribution >= 4 is 6.02 Å². The zero-order valence-electron chi connectivity index (χ0n) is 16.8. The van der Waals surface area contributed by atoms with Crippen molar-refractivity contribution in [1.82, 2.24) is 15.0 Å². The second-order valence-corrected chi connectivity index (χ2v) is 8.48. The van der Waals surface area contributed by atoms with E-state index in [0.29, 0.717) is 28.3 Å². The number of amidine groups is 1. The van der Waals surface area contributed by atoms with Crippen molar-refractivity contribution in [2.45, 2.75) is 31.7 Å². The molecule has 0 radical (unpaired) electrons. The summed E-state index contributed by atoms with van der Waals surface area (Å²) in [4.78, 5) is 17.2. The van der Waals surface area contributed by atoms with Crippen LogP contribution in [0.3, 0.4) is 0 Å². The lowest BCUT2D eigenvalue weighted by Gasteiger charge is -2.34. The standard InChI is InChI=1S/C22H20FN5O2/c1-21(2,3)13-4-16-19(27-9-13)30-18-6-17(23)14(12-7-25-11-26-8-12)5-15(18)22(16)10-29-20(24)28-22/h4-9,11H,10H2,1-3H3,(H2,24,28)/t22-/m0/s1. The molecule has 7 nitrogen and oxygen atoms in total. The van der Waals surface area contributed by atoms with Crippen LogP contribution in [0.2, 0.25) is 0 Å². The third-order valence-electron chi connectivity index (χ3n) is 5.49. The molecule has 2 aromatic heterocycles. The fraction of sp³-hybridized carbons (Fsp3) is 0.273. The van der Waals surface area contributed by atoms with Crippen LogP contribution in [-0.4, -0.2) is 27.6 Å². The van der Waals surface area contributed by atoms with Gasteiger partial charge < -0.3 is 15.2 Å². The largest absolute Gasteiger partial charge is 0.462 e. The van der Waals surface area contributed by atoms with Gasteiger partial charge in [0.15, 0.2) is 5.54 Å². The molecule has 1 aromatic carbocycles. The van der Waals surface area contributed by atoms with E-state index in [1.54, 1.807) is 24.7 Å². The summed E-state index contributed by atoms with van der Waals surface area (Å²) in [6.07, 6.45) is 6.29. The molecular formula is C22H20FN5O2. The van der Waals surface area contributed by atoms with Crippen LogP contribution in [0.25, 0.3) is 11.1 Å². The number of halogens is 1. The number of pyridine rings is 1. The molecule has 30 heavy (non-hydrogen) atoms. The van der Waals surface area contributed by atoms with Crippen molar-refractivity contribution in [3.63, 3.8) is 0 Å². The minimum Gasteiger partial charge on any atom is -0.462 e. The second-order valence-electron chi connectivity index (χ2n) is 8.48. The highest BCUT2D eigenvalue weighted by atomic mass is 19.1. The van der Waals surface area contributed by atoms with E-state index in [1.165, 1.54) is 12.4 Å². The van der Waals surface area contributed by atoms with E-state index in [1.807, 2.05) is 6.07 Å². The summed E-state index contributed by atoms with van der Waals surface area (Å²) in [6.45, 7) is 6.49. The lowest BCUT2D eigenvalue weighted by molar-refractivity contribution is 0.261. The zero-order chi connectivity index (χ0) is 21.1. The van der Waals surface area contributed by atoms with Crippen LogP contribution in [0.5, 0.6) is 11.6 Å². The summed E-state index contributed by atoms with van der Waals surface area (Å²) < 4.78 is 26.5. The number of rotatable bonds is 1. The number of aromatic nitrogens is 3. The summed E-state index contributed by atoms with van der Waals surface area (Å²) in [5, 5.41) is 0. The van der Waals surface area contributed by atoms with Gasteiger partial charge in [0.25, 0.3) is 6.02 Å². The van der Waals surface area contributed by atoms with Gasteiger partial charge in [0, 0.05) is 41.3 Å². The first-order valence-electron chi connectivity index (χ1n) is 9.54. The van der Waals surface area contributed by atoms with E-state index in [2.05, 4.69) is 40.7 Å². The highest BCUT2D eigenvalue weighted by Crippen LogP contribution is 2.52. The van der Waals surface area contributed by atoms with E-state index in [-0.39, 0.29) is 18.0 Å². The molecule has 0 saturated carbocycles. The number of hydrogen-bond donors (Lipinski definition) is 1. The molecule has 5 rings (SSSR count). The molecule has 3 aromatic rings. The monoisotopic (exact) mass is 405 g/mol. The Hall–Kier alpha value is -3.55. The van der Waals surface area contributed by atoms with Crippen LogP contribution < -0.4 is 10.5 Å². The molecule has 2 aliphatic rings. The van der Waals surface area contributed by atoms with E-state index in [4.69, 9.17) is 15.2 Å². The van der Waals surface area contributed by atoms with Crippen molar-refractivity contribution in [2.24, 2.45) is 10.7 Å². The average molecular weight is 405 g/mol. The molecular weight excluding hydrogens is 385 g/mol. The summed E-state index contributed by atoms with van der Waals surface area (Å²) in [7, 11) is 0. The van der Waals surface area contributed by atoms with Crippen LogP contribution >= 0.6 is 0 Å². The van der Waals surface area contributed by atoms with Crippen LogP contribution in [0.1, 0.15) is 37.5 Å². The number of nitrogens with two attached hydrogens (primary N) is 1. The maximum absolute atomic E-state index is 15.0. The number of nitrogens with zero attached hydrogens (tertiary/aromatic N) is 4. The maximum atomic E-state index is 15.0. The lowest BCUT2D eigenvalue weighted by Crippen LogP contribution is -2.32. The van der Waals surface area contributed by atoms with Gasteiger partial charge in [-0.15, -0.1) is 0 Å². The molecule has 0 saturated heterocycles. The highest BCUT2D eigenvalue weighted by Gasteiger charge is 2.48. The van der Waals surface area contributed by atoms with Crippen LogP contribution in [0.15, 0.2) is 48.1 Å². The SMILES string of the molecule is CC(C)(C)c1cnc2c(c1)[C@]1(COC(N)=N1)c1cc(-c3cncnc3)c(F)cc1O2. The van der Waals surface area contributed by atoms with Gasteiger partial charge in [-0.3, -0.25) is 0 Å². The predicted octanol–water partition coefficient (Wildman–Crippen LogP) is 3.67. The van der Waals surface area contributed by atoms with Gasteiger partial charge in [0.2, 0.25) is 5.88 Å². The summed E-state index contributed by atoms with van der Waals surface area (Å²) in [5.41, 5.74) is 8.14. The van der Waals surface area contributed by atoms with Gasteiger partial charge in [-0.1, -0.05) is 20.8 Å². The van der Waals surface area contributed by atoms with Crippen molar-refractivity contribution in [2.75, 3.05) is 6.61 Å². The van der Waals surface area contributed by atoms with Crippen LogP contribution in [0, 0.1) is 5.82 Å². The first-order valence-corrected chi connectivity index (χ1v) is 9.54. The topological polar surface area (TPSA) is 95.5 Å². The maximum Gasteiger partial charge on any atom is 0.283 e. The Morgan fingerprint density at radius 3 is 2.50 bits per heavy atom. The smallest absolute Gasteiger partial charge is 0.283 e. The van der Waals surface area contributed by atoms with Gasteiger partial charge in [-0.05, 0) is 23.1 Å². The molecule has 1 spiro atoms. The van der Waals surface area contributed by atoms with Gasteiger partial charge in [-0.2, -0.15) is 0 Å². The van der Waals surface area contributed by atoms with Gasteiger partial charge >= 0.3 is 0 Å². The molecule has 0 amide bonds. The second kappa shape index (κ2) is 6.22. The Morgan fingerprint density at radius 2 is 1.83 bits per heavy atom. The average Bonchev–Trinajstić information content (AvgIpc) is 3.10. The first kappa shape index (κ1) is 18.5. The van der Waals surface area contributed by atoms with Gasteiger partial charge in [0.05, 0.1) is 5.56 Å². The van der Waals surface area contributed by atoms with Crippen LogP contribution in [-0.2, 0) is 15.7 Å². The normalized spacial score (nSPS) is 19.5. The molecule has 2 aliphatic heterocycles. The summed E-state index contributed by atoms with van der Waals surface area (Å²) in [5.74, 6) is 0.246. The van der Waals surface area contributed by atoms with E-state index < -0.39 is 11.4 Å². The summed E-state index contributed by atoms with van der Waals surface area (Å²) in [6, 6.07) is 5.14. The van der Waals surface area contributed by atoms with E-state index >= 15 is 0 Å². The fourth-order valence-corrected chi connectivity index (χ4v) is 3.82. The third-order valence-corrected chi connectivity index (χ3v) is 5.49. The van der Waals surface area contributed by atoms with Crippen molar-refractivity contribution < 1.29 is 13.9 Å². The Morgan fingerprint density at radius 1 is 1.07 bits per heavy atom. The minimum atomic E-state index is -0.973.